The number of phenolic OH excluding ortho intramolecular Hbond substituents is 1. The number of aliphatic hydroxyl groups excluding tert-OH is 1. The van der Waals surface area contributed by atoms with Crippen LogP contribution in [0.1, 0.15) is 11.1 Å². The van der Waals surface area contributed by atoms with E-state index in [1.165, 1.54) is 7.11 Å². The lowest BCUT2D eigenvalue weighted by Crippen LogP contribution is -2.03. The second kappa shape index (κ2) is 6.63. The Balaban J connectivity index is 2.18. The lowest BCUT2D eigenvalue weighted by Gasteiger charge is -2.13. The number of phenols is 1. The summed E-state index contributed by atoms with van der Waals surface area (Å²) in [5, 5.41) is 22.2. The molecule has 0 saturated heterocycles. The van der Waals surface area contributed by atoms with Crippen LogP contribution in [0, 0.1) is 0 Å². The Hall–Kier alpha value is -1.72. The number of anilines is 1. The third-order valence-electron chi connectivity index (χ3n) is 3.00. The molecule has 0 atom stereocenters. The molecule has 3 N–H and O–H groups in total. The van der Waals surface area contributed by atoms with E-state index in [2.05, 4.69) is 21.2 Å². The summed E-state index contributed by atoms with van der Waals surface area (Å²) < 4.78 is 5.90. The predicted octanol–water partition coefficient (Wildman–Crippen LogP) is 3.27. The smallest absolute Gasteiger partial charge is 0.160 e. The highest BCUT2D eigenvalue weighted by Crippen LogP contribution is 2.32. The molecule has 5 heteroatoms. The molecule has 4 nitrogen and oxygen atoms in total. The summed E-state index contributed by atoms with van der Waals surface area (Å²) in [4.78, 5) is 0. The molecule has 2 rings (SSSR count). The summed E-state index contributed by atoms with van der Waals surface area (Å²) in [6, 6.07) is 11.0. The van der Waals surface area contributed by atoms with Crippen LogP contribution in [-0.2, 0) is 13.2 Å². The lowest BCUT2D eigenvalue weighted by molar-refractivity contribution is 0.282. The number of ether oxygens (including phenoxy) is 1. The van der Waals surface area contributed by atoms with E-state index >= 15 is 0 Å². The van der Waals surface area contributed by atoms with Crippen molar-refractivity contribution < 1.29 is 14.9 Å². The first kappa shape index (κ1) is 14.7. The van der Waals surface area contributed by atoms with Gasteiger partial charge in [-0.1, -0.05) is 34.1 Å². The van der Waals surface area contributed by atoms with E-state index in [0.29, 0.717) is 12.3 Å². The zero-order valence-corrected chi connectivity index (χ0v) is 12.6. The molecule has 2 aromatic carbocycles. The van der Waals surface area contributed by atoms with Crippen molar-refractivity contribution in [3.05, 3.63) is 52.0 Å². The maximum Gasteiger partial charge on any atom is 0.160 e. The van der Waals surface area contributed by atoms with Gasteiger partial charge in [0, 0.05) is 22.3 Å². The maximum absolute atomic E-state index is 9.67. The van der Waals surface area contributed by atoms with Gasteiger partial charge in [0.25, 0.3) is 0 Å². The topological polar surface area (TPSA) is 61.7 Å². The van der Waals surface area contributed by atoms with Crippen molar-refractivity contribution in [2.75, 3.05) is 12.4 Å². The first-order chi connectivity index (χ1) is 9.65. The molecule has 20 heavy (non-hydrogen) atoms. The monoisotopic (exact) mass is 337 g/mol. The fourth-order valence-electron chi connectivity index (χ4n) is 1.91. The van der Waals surface area contributed by atoms with Crippen LogP contribution < -0.4 is 10.1 Å². The average Bonchev–Trinajstić information content (AvgIpc) is 2.46. The normalized spacial score (nSPS) is 10.3. The molecule has 0 saturated carbocycles. The quantitative estimate of drug-likeness (QED) is 0.783. The van der Waals surface area contributed by atoms with Crippen LogP contribution in [0.2, 0.25) is 0 Å². The van der Waals surface area contributed by atoms with E-state index < -0.39 is 0 Å². The molecule has 0 bridgehead atoms. The Morgan fingerprint density at radius 3 is 2.65 bits per heavy atom. The number of hydrogen-bond donors (Lipinski definition) is 3. The average molecular weight is 338 g/mol. The van der Waals surface area contributed by atoms with Gasteiger partial charge >= 0.3 is 0 Å². The molecular formula is C15H16BrNO3. The summed E-state index contributed by atoms with van der Waals surface area (Å²) in [7, 11) is 1.52. The Morgan fingerprint density at radius 1 is 1.20 bits per heavy atom. The van der Waals surface area contributed by atoms with Crippen LogP contribution in [0.5, 0.6) is 11.5 Å². The van der Waals surface area contributed by atoms with Gasteiger partial charge in [-0.15, -0.1) is 0 Å². The summed E-state index contributed by atoms with van der Waals surface area (Å²) in [5.41, 5.74) is 2.68. The molecule has 106 valence electrons. The SMILES string of the molecule is COc1cc(CNc2ccccc2CO)c(Br)cc1O. The minimum atomic E-state index is -0.0107. The molecule has 0 aliphatic heterocycles. The first-order valence-electron chi connectivity index (χ1n) is 6.13. The Bertz CT molecular complexity index is 602. The van der Waals surface area contributed by atoms with Crippen molar-refractivity contribution in [1.82, 2.24) is 0 Å². The highest BCUT2D eigenvalue weighted by atomic mass is 79.9. The van der Waals surface area contributed by atoms with Gasteiger partial charge in [0.1, 0.15) is 0 Å². The number of para-hydroxylation sites is 1. The molecule has 0 fully saturated rings. The van der Waals surface area contributed by atoms with Crippen LogP contribution >= 0.6 is 15.9 Å². The maximum atomic E-state index is 9.67. The summed E-state index contributed by atoms with van der Waals surface area (Å²) in [5.74, 6) is 0.527. The number of benzene rings is 2. The van der Waals surface area contributed by atoms with Crippen LogP contribution in [0.4, 0.5) is 5.69 Å². The van der Waals surface area contributed by atoms with Crippen molar-refractivity contribution in [3.8, 4) is 11.5 Å². The number of hydrogen-bond acceptors (Lipinski definition) is 4. The number of aliphatic hydroxyl groups is 1. The van der Waals surface area contributed by atoms with Crippen molar-refractivity contribution in [1.29, 1.82) is 0 Å². The van der Waals surface area contributed by atoms with E-state index in [-0.39, 0.29) is 12.4 Å². The van der Waals surface area contributed by atoms with Crippen molar-refractivity contribution in [2.45, 2.75) is 13.2 Å². The third kappa shape index (κ3) is 3.23. The molecule has 0 heterocycles. The zero-order valence-electron chi connectivity index (χ0n) is 11.1. The molecule has 0 spiro atoms. The summed E-state index contributed by atoms with van der Waals surface area (Å²) in [6.45, 7) is 0.539. The standard InChI is InChI=1S/C15H16BrNO3/c1-20-15-6-11(12(16)7-14(15)19)8-17-13-5-3-2-4-10(13)9-18/h2-7,17-19H,8-9H2,1H3. The summed E-state index contributed by atoms with van der Waals surface area (Å²) in [6.07, 6.45) is 0. The van der Waals surface area contributed by atoms with Gasteiger partial charge in [0.2, 0.25) is 0 Å². The summed E-state index contributed by atoms with van der Waals surface area (Å²) >= 11 is 3.41. The Labute approximate surface area is 126 Å². The van der Waals surface area contributed by atoms with E-state index in [4.69, 9.17) is 4.74 Å². The van der Waals surface area contributed by atoms with Crippen molar-refractivity contribution >= 4 is 21.6 Å². The fraction of sp³-hybridized carbons (Fsp3) is 0.200. The van der Waals surface area contributed by atoms with Crippen LogP contribution in [0.25, 0.3) is 0 Å². The van der Waals surface area contributed by atoms with Crippen molar-refractivity contribution in [2.24, 2.45) is 0 Å². The zero-order chi connectivity index (χ0) is 14.5. The van der Waals surface area contributed by atoms with Crippen LogP contribution in [0.3, 0.4) is 0 Å². The predicted molar refractivity (Wildman–Crippen MR) is 82.1 cm³/mol. The van der Waals surface area contributed by atoms with Crippen LogP contribution in [0.15, 0.2) is 40.9 Å². The molecule has 0 aliphatic rings. The number of rotatable bonds is 5. The largest absolute Gasteiger partial charge is 0.504 e. The Morgan fingerprint density at radius 2 is 1.95 bits per heavy atom. The minimum Gasteiger partial charge on any atom is -0.504 e. The van der Waals surface area contributed by atoms with Gasteiger partial charge in [0.05, 0.1) is 13.7 Å². The highest BCUT2D eigenvalue weighted by molar-refractivity contribution is 9.10. The molecule has 0 aliphatic carbocycles. The van der Waals surface area contributed by atoms with Gasteiger partial charge in [-0.25, -0.2) is 0 Å². The second-order valence-corrected chi connectivity index (χ2v) is 5.14. The molecule has 0 aromatic heterocycles. The van der Waals surface area contributed by atoms with Gasteiger partial charge in [0.15, 0.2) is 11.5 Å². The van der Waals surface area contributed by atoms with Crippen molar-refractivity contribution in [3.63, 3.8) is 0 Å². The molecule has 2 aromatic rings. The third-order valence-corrected chi connectivity index (χ3v) is 3.74. The van der Waals surface area contributed by atoms with Gasteiger partial charge < -0.3 is 20.3 Å². The van der Waals surface area contributed by atoms with E-state index in [1.54, 1.807) is 12.1 Å². The number of aromatic hydroxyl groups is 1. The second-order valence-electron chi connectivity index (χ2n) is 4.28. The van der Waals surface area contributed by atoms with E-state index in [0.717, 1.165) is 21.3 Å². The highest BCUT2D eigenvalue weighted by Gasteiger charge is 2.08. The number of halogens is 1. The molecule has 0 amide bonds. The number of nitrogens with one attached hydrogen (secondary N) is 1. The first-order valence-corrected chi connectivity index (χ1v) is 6.93. The van der Waals surface area contributed by atoms with Gasteiger partial charge in [-0.2, -0.15) is 0 Å². The number of methoxy groups -OCH3 is 1. The van der Waals surface area contributed by atoms with Gasteiger partial charge in [-0.3, -0.25) is 0 Å². The van der Waals surface area contributed by atoms with Crippen LogP contribution in [-0.4, -0.2) is 17.3 Å². The van der Waals surface area contributed by atoms with E-state index in [1.807, 2.05) is 24.3 Å². The minimum absolute atomic E-state index is 0.0107. The lowest BCUT2D eigenvalue weighted by atomic mass is 10.1. The Kier molecular flexibility index (Phi) is 4.87. The van der Waals surface area contributed by atoms with Gasteiger partial charge in [-0.05, 0) is 23.8 Å². The molecular weight excluding hydrogens is 322 g/mol. The fourth-order valence-corrected chi connectivity index (χ4v) is 2.38. The van der Waals surface area contributed by atoms with E-state index in [9.17, 15) is 10.2 Å². The molecule has 0 radical (unpaired) electrons. The molecule has 0 unspecified atom stereocenters.